The van der Waals surface area contributed by atoms with Gasteiger partial charge in [-0.3, -0.25) is 9.59 Å². The van der Waals surface area contributed by atoms with Crippen molar-refractivity contribution in [1.82, 2.24) is 5.32 Å². The van der Waals surface area contributed by atoms with Crippen molar-refractivity contribution in [3.8, 4) is 5.75 Å². The minimum absolute atomic E-state index is 0.0564. The molecular weight excluding hydrogens is 350 g/mol. The number of Topliss-reactive ketones (excluding diaryl/α,β-unsaturated/α-hetero) is 1. The van der Waals surface area contributed by atoms with Crippen molar-refractivity contribution in [2.75, 3.05) is 14.2 Å². The Kier molecular flexibility index (Phi) is 4.94. The third-order valence-electron chi connectivity index (χ3n) is 4.28. The van der Waals surface area contributed by atoms with Crippen LogP contribution in [0, 0.1) is 0 Å². The van der Waals surface area contributed by atoms with Crippen LogP contribution in [-0.2, 0) is 14.3 Å². The maximum atomic E-state index is 12.3. The van der Waals surface area contributed by atoms with Gasteiger partial charge in [0, 0.05) is 5.56 Å². The van der Waals surface area contributed by atoms with Crippen molar-refractivity contribution < 1.29 is 29.0 Å². The van der Waals surface area contributed by atoms with Crippen LogP contribution in [0.25, 0.3) is 5.76 Å². The van der Waals surface area contributed by atoms with Gasteiger partial charge in [0.05, 0.1) is 31.4 Å². The predicted octanol–water partition coefficient (Wildman–Crippen LogP) is 2.19. The van der Waals surface area contributed by atoms with E-state index in [4.69, 9.17) is 4.74 Å². The molecule has 0 saturated carbocycles. The van der Waals surface area contributed by atoms with Crippen LogP contribution < -0.4 is 10.1 Å². The molecule has 7 nitrogen and oxygen atoms in total. The zero-order chi connectivity index (χ0) is 19.6. The highest BCUT2D eigenvalue weighted by Gasteiger charge is 2.39. The van der Waals surface area contributed by atoms with Crippen LogP contribution in [0.5, 0.6) is 5.75 Å². The lowest BCUT2D eigenvalue weighted by Gasteiger charge is -2.14. The van der Waals surface area contributed by atoms with Crippen molar-refractivity contribution in [3.63, 3.8) is 0 Å². The molecule has 0 aliphatic carbocycles. The number of ether oxygens (including phenoxy) is 2. The lowest BCUT2D eigenvalue weighted by Crippen LogP contribution is -2.21. The molecule has 1 fully saturated rings. The number of carbonyl (C=O) groups excluding carboxylic acids is 3. The molecule has 2 N–H and O–H groups in total. The third-order valence-corrected chi connectivity index (χ3v) is 4.28. The van der Waals surface area contributed by atoms with Crippen molar-refractivity contribution >= 4 is 23.4 Å². The number of benzene rings is 2. The Bertz CT molecular complexity index is 945. The molecule has 2 aromatic rings. The Morgan fingerprint density at radius 2 is 1.74 bits per heavy atom. The van der Waals surface area contributed by atoms with Crippen molar-refractivity contribution in [2.24, 2.45) is 0 Å². The number of nitrogens with one attached hydrogen (secondary N) is 1. The zero-order valence-electron chi connectivity index (χ0n) is 14.7. The third kappa shape index (κ3) is 3.39. The first-order valence-electron chi connectivity index (χ1n) is 8.07. The largest absolute Gasteiger partial charge is 0.507 e. The van der Waals surface area contributed by atoms with E-state index in [-0.39, 0.29) is 11.3 Å². The van der Waals surface area contributed by atoms with Crippen LogP contribution in [-0.4, -0.2) is 37.0 Å². The Morgan fingerprint density at radius 1 is 1.04 bits per heavy atom. The summed E-state index contributed by atoms with van der Waals surface area (Å²) in [7, 11) is 2.76. The molecule has 138 valence electrons. The molecule has 1 atom stereocenters. The standard InChI is InChI=1S/C20H17NO6/c1-26-14-5-3-4-13(10-14)17(22)15-16(21-19(24)18(15)23)11-6-8-12(9-7-11)20(25)27-2/h3-10,16,22H,1-2H3,(H,21,24)/t16-/m0/s1. The van der Waals surface area contributed by atoms with Gasteiger partial charge in [0.2, 0.25) is 0 Å². The van der Waals surface area contributed by atoms with Crippen LogP contribution in [0.2, 0.25) is 0 Å². The zero-order valence-corrected chi connectivity index (χ0v) is 14.7. The van der Waals surface area contributed by atoms with Gasteiger partial charge in [-0.25, -0.2) is 4.79 Å². The van der Waals surface area contributed by atoms with E-state index in [0.717, 1.165) is 0 Å². The fraction of sp³-hybridized carbons (Fsp3) is 0.150. The lowest BCUT2D eigenvalue weighted by molar-refractivity contribution is -0.133. The van der Waals surface area contributed by atoms with Gasteiger partial charge in [-0.15, -0.1) is 0 Å². The second-order valence-corrected chi connectivity index (χ2v) is 5.84. The molecule has 1 heterocycles. The minimum atomic E-state index is -0.831. The van der Waals surface area contributed by atoms with E-state index in [1.165, 1.54) is 26.4 Å². The predicted molar refractivity (Wildman–Crippen MR) is 96.2 cm³/mol. The van der Waals surface area contributed by atoms with Gasteiger partial charge in [-0.05, 0) is 29.8 Å². The number of ketones is 1. The number of amides is 1. The van der Waals surface area contributed by atoms with E-state index >= 15 is 0 Å². The van der Waals surface area contributed by atoms with Crippen LogP contribution in [0.3, 0.4) is 0 Å². The number of aliphatic hydroxyl groups is 1. The molecule has 0 aromatic heterocycles. The Labute approximate surface area is 155 Å². The number of esters is 1. The highest BCUT2D eigenvalue weighted by Crippen LogP contribution is 2.33. The van der Waals surface area contributed by atoms with Gasteiger partial charge in [-0.1, -0.05) is 24.3 Å². The average molecular weight is 367 g/mol. The maximum absolute atomic E-state index is 12.3. The normalized spacial score (nSPS) is 18.1. The van der Waals surface area contributed by atoms with E-state index in [2.05, 4.69) is 10.1 Å². The molecule has 0 radical (unpaired) electrons. The Morgan fingerprint density at radius 3 is 2.37 bits per heavy atom. The van der Waals surface area contributed by atoms with Gasteiger partial charge in [0.1, 0.15) is 11.5 Å². The summed E-state index contributed by atoms with van der Waals surface area (Å²) in [5, 5.41) is 13.2. The summed E-state index contributed by atoms with van der Waals surface area (Å²) in [4.78, 5) is 35.8. The quantitative estimate of drug-likeness (QED) is 0.372. The van der Waals surface area contributed by atoms with Crippen molar-refractivity contribution in [2.45, 2.75) is 6.04 Å². The SMILES string of the molecule is COC(=O)c1ccc([C@@H]2NC(=O)C(=O)C2=C(O)c2cccc(OC)c2)cc1. The van der Waals surface area contributed by atoms with Crippen LogP contribution in [0.1, 0.15) is 27.5 Å². The molecule has 1 aliphatic heterocycles. The molecule has 1 amide bonds. The van der Waals surface area contributed by atoms with Gasteiger partial charge < -0.3 is 19.9 Å². The molecule has 3 rings (SSSR count). The van der Waals surface area contributed by atoms with Crippen LogP contribution >= 0.6 is 0 Å². The summed E-state index contributed by atoms with van der Waals surface area (Å²) in [6.07, 6.45) is 0. The van der Waals surface area contributed by atoms with Crippen molar-refractivity contribution in [1.29, 1.82) is 0 Å². The Hall–Kier alpha value is -3.61. The van der Waals surface area contributed by atoms with E-state index < -0.39 is 23.7 Å². The summed E-state index contributed by atoms with van der Waals surface area (Å²) >= 11 is 0. The van der Waals surface area contributed by atoms with E-state index in [9.17, 15) is 19.5 Å². The molecule has 1 aliphatic rings. The first kappa shape index (κ1) is 18.2. The summed E-state index contributed by atoms with van der Waals surface area (Å²) in [6, 6.07) is 11.9. The summed E-state index contributed by atoms with van der Waals surface area (Å²) in [6.45, 7) is 0. The van der Waals surface area contributed by atoms with Crippen LogP contribution in [0.4, 0.5) is 0 Å². The van der Waals surface area contributed by atoms with E-state index in [1.807, 2.05) is 0 Å². The second-order valence-electron chi connectivity index (χ2n) is 5.84. The van der Waals surface area contributed by atoms with Gasteiger partial charge in [0.25, 0.3) is 11.7 Å². The summed E-state index contributed by atoms with van der Waals surface area (Å²) in [5.74, 6) is -1.91. The van der Waals surface area contributed by atoms with Gasteiger partial charge in [-0.2, -0.15) is 0 Å². The molecular formula is C20H17NO6. The second kappa shape index (κ2) is 7.33. The maximum Gasteiger partial charge on any atom is 0.337 e. The van der Waals surface area contributed by atoms with Gasteiger partial charge >= 0.3 is 5.97 Å². The number of carbonyl (C=O) groups is 3. The van der Waals surface area contributed by atoms with Crippen LogP contribution in [0.15, 0.2) is 54.1 Å². The molecule has 1 saturated heterocycles. The fourth-order valence-electron chi connectivity index (χ4n) is 2.87. The number of hydrogen-bond donors (Lipinski definition) is 2. The first-order valence-corrected chi connectivity index (χ1v) is 8.07. The number of rotatable bonds is 4. The number of methoxy groups -OCH3 is 2. The van der Waals surface area contributed by atoms with E-state index in [0.29, 0.717) is 22.4 Å². The Balaban J connectivity index is 2.05. The molecule has 2 aromatic carbocycles. The topological polar surface area (TPSA) is 102 Å². The number of aliphatic hydroxyl groups excluding tert-OH is 1. The molecule has 7 heteroatoms. The van der Waals surface area contributed by atoms with Gasteiger partial charge in [0.15, 0.2) is 0 Å². The monoisotopic (exact) mass is 367 g/mol. The smallest absolute Gasteiger partial charge is 0.337 e. The fourth-order valence-corrected chi connectivity index (χ4v) is 2.87. The lowest BCUT2D eigenvalue weighted by atomic mass is 9.95. The number of hydrogen-bond acceptors (Lipinski definition) is 6. The highest BCUT2D eigenvalue weighted by atomic mass is 16.5. The average Bonchev–Trinajstić information content (AvgIpc) is 3.01. The van der Waals surface area contributed by atoms with Crippen molar-refractivity contribution in [3.05, 3.63) is 70.8 Å². The summed E-state index contributed by atoms with van der Waals surface area (Å²) in [5.41, 5.74) is 1.18. The first-order chi connectivity index (χ1) is 13.0. The minimum Gasteiger partial charge on any atom is -0.507 e. The molecule has 27 heavy (non-hydrogen) atoms. The molecule has 0 spiro atoms. The molecule has 0 unspecified atom stereocenters. The van der Waals surface area contributed by atoms with E-state index in [1.54, 1.807) is 36.4 Å². The molecule has 0 bridgehead atoms. The highest BCUT2D eigenvalue weighted by molar-refractivity contribution is 6.46. The summed E-state index contributed by atoms with van der Waals surface area (Å²) < 4.78 is 9.78.